The molecule has 0 unspecified atom stereocenters. The zero-order valence-corrected chi connectivity index (χ0v) is 13.4. The van der Waals surface area contributed by atoms with Crippen LogP contribution in [0.1, 0.15) is 42.5 Å². The molecule has 1 aliphatic carbocycles. The number of amides is 1. The molecule has 2 aromatic rings. The van der Waals surface area contributed by atoms with E-state index in [1.807, 2.05) is 18.0 Å². The average Bonchev–Trinajstić information content (AvgIpc) is 3.11. The number of hydrogen-bond donors (Lipinski definition) is 1. The number of rotatable bonds is 1. The van der Waals surface area contributed by atoms with Gasteiger partial charge in [-0.3, -0.25) is 14.5 Å². The summed E-state index contributed by atoms with van der Waals surface area (Å²) >= 11 is 0. The zero-order valence-electron chi connectivity index (χ0n) is 13.4. The molecule has 0 radical (unpaired) electrons. The lowest BCUT2D eigenvalue weighted by atomic mass is 9.76. The summed E-state index contributed by atoms with van der Waals surface area (Å²) < 4.78 is 1.73. The van der Waals surface area contributed by atoms with E-state index in [0.717, 1.165) is 49.7 Å². The fraction of sp³-hybridized carbons (Fsp3) is 0.588. The van der Waals surface area contributed by atoms with Crippen molar-refractivity contribution < 1.29 is 9.90 Å². The molecule has 2 atom stereocenters. The van der Waals surface area contributed by atoms with Crippen molar-refractivity contribution in [2.45, 2.75) is 38.2 Å². The summed E-state index contributed by atoms with van der Waals surface area (Å²) in [7, 11) is 1.85. The van der Waals surface area contributed by atoms with Crippen molar-refractivity contribution in [3.8, 4) is 0 Å². The van der Waals surface area contributed by atoms with Gasteiger partial charge in [-0.15, -0.1) is 0 Å². The van der Waals surface area contributed by atoms with E-state index in [1.165, 1.54) is 0 Å². The highest BCUT2D eigenvalue weighted by atomic mass is 16.3. The van der Waals surface area contributed by atoms with Gasteiger partial charge in [0.2, 0.25) is 0 Å². The van der Waals surface area contributed by atoms with Gasteiger partial charge in [-0.1, -0.05) is 6.42 Å². The molecule has 1 saturated carbocycles. The third-order valence-corrected chi connectivity index (χ3v) is 5.60. The minimum absolute atomic E-state index is 0.0128. The fourth-order valence-electron chi connectivity index (χ4n) is 4.26. The number of aliphatic hydroxyl groups excluding tert-OH is 1. The van der Waals surface area contributed by atoms with Crippen LogP contribution >= 0.6 is 0 Å². The van der Waals surface area contributed by atoms with Gasteiger partial charge in [-0.2, -0.15) is 5.10 Å². The van der Waals surface area contributed by atoms with E-state index < -0.39 is 0 Å². The van der Waals surface area contributed by atoms with Crippen LogP contribution in [0.5, 0.6) is 0 Å². The number of carbonyl (C=O) groups is 1. The third kappa shape index (κ3) is 2.32. The van der Waals surface area contributed by atoms with Gasteiger partial charge in [0.25, 0.3) is 5.91 Å². The van der Waals surface area contributed by atoms with Crippen molar-refractivity contribution in [2.75, 3.05) is 13.1 Å². The van der Waals surface area contributed by atoms with Gasteiger partial charge < -0.3 is 10.0 Å². The van der Waals surface area contributed by atoms with E-state index in [-0.39, 0.29) is 17.4 Å². The summed E-state index contributed by atoms with van der Waals surface area (Å²) in [5.41, 5.74) is 2.18. The molecular formula is C17H22N4O2. The molecule has 122 valence electrons. The SMILES string of the molecule is Cn1ncc2ncc(C(=O)N3CCC[C@@]4(CCC[C@H]4O)C3)cc21. The highest BCUT2D eigenvalue weighted by Gasteiger charge is 2.45. The Morgan fingerprint density at radius 3 is 2.96 bits per heavy atom. The molecule has 0 aromatic carbocycles. The Bertz CT molecular complexity index is 756. The van der Waals surface area contributed by atoms with E-state index in [9.17, 15) is 9.90 Å². The highest BCUT2D eigenvalue weighted by Crippen LogP contribution is 2.45. The molecule has 2 aliphatic rings. The van der Waals surface area contributed by atoms with Crippen LogP contribution in [-0.4, -0.2) is 49.9 Å². The highest BCUT2D eigenvalue weighted by molar-refractivity contribution is 5.96. The van der Waals surface area contributed by atoms with Crippen LogP contribution in [0.2, 0.25) is 0 Å². The first kappa shape index (κ1) is 14.6. The second kappa shape index (κ2) is 5.30. The number of fused-ring (bicyclic) bond motifs is 1. The topological polar surface area (TPSA) is 71.2 Å². The van der Waals surface area contributed by atoms with Gasteiger partial charge in [0, 0.05) is 31.7 Å². The number of aliphatic hydroxyl groups is 1. The summed E-state index contributed by atoms with van der Waals surface area (Å²) in [5.74, 6) is 0.0128. The van der Waals surface area contributed by atoms with E-state index in [0.29, 0.717) is 12.1 Å². The number of aromatic nitrogens is 3. The molecular weight excluding hydrogens is 292 g/mol. The molecule has 2 fully saturated rings. The summed E-state index contributed by atoms with van der Waals surface area (Å²) in [6.07, 6.45) is 8.01. The molecule has 6 nitrogen and oxygen atoms in total. The Labute approximate surface area is 135 Å². The number of pyridine rings is 1. The molecule has 3 heterocycles. The summed E-state index contributed by atoms with van der Waals surface area (Å²) in [4.78, 5) is 19.1. The molecule has 0 bridgehead atoms. The molecule has 1 saturated heterocycles. The smallest absolute Gasteiger partial charge is 0.255 e. The minimum Gasteiger partial charge on any atom is -0.392 e. The number of hydrogen-bond acceptors (Lipinski definition) is 4. The van der Waals surface area contributed by atoms with Gasteiger partial charge >= 0.3 is 0 Å². The maximum Gasteiger partial charge on any atom is 0.255 e. The molecule has 4 rings (SSSR count). The average molecular weight is 314 g/mol. The molecule has 1 amide bonds. The maximum absolute atomic E-state index is 12.9. The predicted molar refractivity (Wildman–Crippen MR) is 85.9 cm³/mol. The van der Waals surface area contributed by atoms with Crippen LogP contribution in [0.4, 0.5) is 0 Å². The lowest BCUT2D eigenvalue weighted by Crippen LogP contribution is -2.49. The molecule has 1 aliphatic heterocycles. The first-order chi connectivity index (χ1) is 11.1. The van der Waals surface area contributed by atoms with Crippen LogP contribution in [-0.2, 0) is 7.05 Å². The maximum atomic E-state index is 12.9. The van der Waals surface area contributed by atoms with Gasteiger partial charge in [0.05, 0.1) is 23.4 Å². The summed E-state index contributed by atoms with van der Waals surface area (Å²) in [5, 5.41) is 14.5. The van der Waals surface area contributed by atoms with Crippen LogP contribution in [0.15, 0.2) is 18.5 Å². The number of piperidine rings is 1. The Balaban J connectivity index is 1.61. The molecule has 1 spiro atoms. The minimum atomic E-state index is -0.268. The molecule has 1 N–H and O–H groups in total. The quantitative estimate of drug-likeness (QED) is 0.870. The van der Waals surface area contributed by atoms with Crippen molar-refractivity contribution in [3.05, 3.63) is 24.0 Å². The number of aryl methyl sites for hydroxylation is 1. The first-order valence-electron chi connectivity index (χ1n) is 8.34. The van der Waals surface area contributed by atoms with Crippen LogP contribution in [0, 0.1) is 5.41 Å². The van der Waals surface area contributed by atoms with Gasteiger partial charge in [-0.25, -0.2) is 0 Å². The van der Waals surface area contributed by atoms with E-state index in [4.69, 9.17) is 0 Å². The van der Waals surface area contributed by atoms with E-state index in [1.54, 1.807) is 17.1 Å². The van der Waals surface area contributed by atoms with Crippen molar-refractivity contribution >= 4 is 16.9 Å². The largest absolute Gasteiger partial charge is 0.392 e. The van der Waals surface area contributed by atoms with Gasteiger partial charge in [0.1, 0.15) is 5.52 Å². The van der Waals surface area contributed by atoms with Crippen molar-refractivity contribution in [1.82, 2.24) is 19.7 Å². The molecule has 6 heteroatoms. The van der Waals surface area contributed by atoms with E-state index >= 15 is 0 Å². The standard InChI is InChI=1S/C17H22N4O2/c1-20-14-8-12(9-18-13(14)10-19-20)16(23)21-7-3-6-17(11-21)5-2-4-15(17)22/h8-10,15,22H,2-7,11H2,1H3/t15-,17+/m1/s1. The fourth-order valence-corrected chi connectivity index (χ4v) is 4.26. The summed E-state index contributed by atoms with van der Waals surface area (Å²) in [6.45, 7) is 1.42. The lowest BCUT2D eigenvalue weighted by Gasteiger charge is -2.42. The monoisotopic (exact) mass is 314 g/mol. The van der Waals surface area contributed by atoms with Crippen LogP contribution in [0.3, 0.4) is 0 Å². The number of likely N-dealkylation sites (tertiary alicyclic amines) is 1. The van der Waals surface area contributed by atoms with Crippen molar-refractivity contribution in [2.24, 2.45) is 12.5 Å². The predicted octanol–water partition coefficient (Wildman–Crippen LogP) is 1.74. The van der Waals surface area contributed by atoms with Gasteiger partial charge in [0.15, 0.2) is 0 Å². The Hall–Kier alpha value is -1.95. The van der Waals surface area contributed by atoms with Crippen LogP contribution in [0.25, 0.3) is 11.0 Å². The normalized spacial score (nSPS) is 27.9. The molecule has 2 aromatic heterocycles. The first-order valence-corrected chi connectivity index (χ1v) is 8.34. The second-order valence-corrected chi connectivity index (χ2v) is 7.00. The third-order valence-electron chi connectivity index (χ3n) is 5.60. The second-order valence-electron chi connectivity index (χ2n) is 7.00. The lowest BCUT2D eigenvalue weighted by molar-refractivity contribution is -0.00536. The Morgan fingerprint density at radius 1 is 1.35 bits per heavy atom. The Kier molecular flexibility index (Phi) is 3.37. The van der Waals surface area contributed by atoms with Gasteiger partial charge in [-0.05, 0) is 31.7 Å². The van der Waals surface area contributed by atoms with Crippen LogP contribution < -0.4 is 0 Å². The summed E-state index contributed by atoms with van der Waals surface area (Å²) in [6, 6.07) is 1.87. The van der Waals surface area contributed by atoms with Crippen molar-refractivity contribution in [3.63, 3.8) is 0 Å². The number of nitrogens with zero attached hydrogens (tertiary/aromatic N) is 4. The Morgan fingerprint density at radius 2 is 2.17 bits per heavy atom. The molecule has 23 heavy (non-hydrogen) atoms. The van der Waals surface area contributed by atoms with E-state index in [2.05, 4.69) is 10.1 Å². The zero-order chi connectivity index (χ0) is 16.0. The number of carbonyl (C=O) groups excluding carboxylic acids is 1. The van der Waals surface area contributed by atoms with Crippen molar-refractivity contribution in [1.29, 1.82) is 0 Å².